The molecular weight excluding hydrogens is 593 g/mol. The van der Waals surface area contributed by atoms with Crippen molar-refractivity contribution in [2.75, 3.05) is 40.3 Å². The van der Waals surface area contributed by atoms with Gasteiger partial charge < -0.3 is 25.0 Å². The third-order valence-electron chi connectivity index (χ3n) is 7.39. The molecule has 2 N–H and O–H groups in total. The summed E-state index contributed by atoms with van der Waals surface area (Å²) in [5.74, 6) is -3.91. The Kier molecular flexibility index (Phi) is 13.1. The monoisotopic (exact) mass is 644 g/mol. The Labute approximate surface area is 265 Å². The van der Waals surface area contributed by atoms with Gasteiger partial charge in [-0.3, -0.25) is 9.63 Å². The Balaban J connectivity index is 0.000000330. The second-order valence-corrected chi connectivity index (χ2v) is 13.9. The molecule has 13 heteroatoms. The van der Waals surface area contributed by atoms with Crippen molar-refractivity contribution in [1.82, 2.24) is 14.9 Å². The molecular formula is C32H51F3N4O6. The number of amides is 3. The maximum Gasteiger partial charge on any atom is 0.410 e. The van der Waals surface area contributed by atoms with Crippen LogP contribution in [0.4, 0.5) is 22.8 Å². The van der Waals surface area contributed by atoms with Gasteiger partial charge in [-0.1, -0.05) is 18.2 Å². The van der Waals surface area contributed by atoms with Gasteiger partial charge in [0.05, 0.1) is 12.7 Å². The Bertz CT molecular complexity index is 1160. The van der Waals surface area contributed by atoms with E-state index in [0.29, 0.717) is 38.5 Å². The third kappa shape index (κ3) is 12.0. The lowest BCUT2D eigenvalue weighted by molar-refractivity contribution is -0.169. The van der Waals surface area contributed by atoms with E-state index >= 15 is 0 Å². The Morgan fingerprint density at radius 2 is 1.40 bits per heavy atom. The third-order valence-corrected chi connectivity index (χ3v) is 7.39. The first-order valence-corrected chi connectivity index (χ1v) is 15.3. The maximum absolute atomic E-state index is 14.5. The fraction of sp³-hybridized carbons (Fsp3) is 0.719. The molecule has 0 spiro atoms. The number of benzene rings is 1. The van der Waals surface area contributed by atoms with Crippen LogP contribution in [0.2, 0.25) is 0 Å². The first-order valence-electron chi connectivity index (χ1n) is 15.3. The van der Waals surface area contributed by atoms with Gasteiger partial charge in [0.2, 0.25) is 5.91 Å². The summed E-state index contributed by atoms with van der Waals surface area (Å²) in [5, 5.41) is 1.23. The molecule has 2 saturated heterocycles. The zero-order valence-corrected chi connectivity index (χ0v) is 28.1. The number of hydrogen-bond donors (Lipinski definition) is 1. The van der Waals surface area contributed by atoms with Crippen LogP contribution in [-0.4, -0.2) is 84.5 Å². The molecule has 2 aliphatic heterocycles. The summed E-state index contributed by atoms with van der Waals surface area (Å²) in [4.78, 5) is 43.0. The van der Waals surface area contributed by atoms with Crippen LogP contribution in [0.1, 0.15) is 91.3 Å². The van der Waals surface area contributed by atoms with Gasteiger partial charge >= 0.3 is 12.2 Å². The normalized spacial score (nSPS) is 16.6. The van der Waals surface area contributed by atoms with Gasteiger partial charge in [-0.05, 0) is 73.1 Å². The van der Waals surface area contributed by atoms with Crippen LogP contribution < -0.4 is 5.73 Å². The second kappa shape index (κ2) is 15.5. The predicted octanol–water partition coefficient (Wildman–Crippen LogP) is 6.24. The molecule has 1 aromatic rings. The molecule has 2 fully saturated rings. The number of nitrogens with two attached hydrogens (primary N) is 1. The van der Waals surface area contributed by atoms with E-state index in [1.165, 1.54) is 29.2 Å². The Morgan fingerprint density at radius 1 is 0.933 bits per heavy atom. The van der Waals surface area contributed by atoms with Crippen LogP contribution in [0.25, 0.3) is 0 Å². The van der Waals surface area contributed by atoms with Crippen molar-refractivity contribution < 1.29 is 41.9 Å². The number of halogens is 3. The highest BCUT2D eigenvalue weighted by Crippen LogP contribution is 2.38. The molecule has 0 radical (unpaired) electrons. The summed E-state index contributed by atoms with van der Waals surface area (Å²) in [6.45, 7) is 14.5. The van der Waals surface area contributed by atoms with Crippen molar-refractivity contribution in [3.8, 4) is 0 Å². The first-order chi connectivity index (χ1) is 20.6. The Morgan fingerprint density at radius 3 is 1.82 bits per heavy atom. The van der Waals surface area contributed by atoms with Crippen LogP contribution in [0.3, 0.4) is 0 Å². The van der Waals surface area contributed by atoms with E-state index in [4.69, 9.17) is 20.0 Å². The van der Waals surface area contributed by atoms with E-state index in [-0.39, 0.29) is 29.9 Å². The summed E-state index contributed by atoms with van der Waals surface area (Å²) >= 11 is 0. The summed E-state index contributed by atoms with van der Waals surface area (Å²) < 4.78 is 53.8. The molecule has 0 aromatic heterocycles. The Hall–Kier alpha value is -3.06. The average molecular weight is 645 g/mol. The van der Waals surface area contributed by atoms with Gasteiger partial charge in [-0.25, -0.2) is 27.8 Å². The van der Waals surface area contributed by atoms with Crippen molar-refractivity contribution in [2.45, 2.75) is 97.3 Å². The lowest BCUT2D eigenvalue weighted by Crippen LogP contribution is -2.51. The van der Waals surface area contributed by atoms with Crippen LogP contribution in [0.15, 0.2) is 18.2 Å². The molecule has 45 heavy (non-hydrogen) atoms. The minimum absolute atomic E-state index is 0.0342. The number of rotatable bonds is 9. The van der Waals surface area contributed by atoms with Crippen LogP contribution >= 0.6 is 0 Å². The van der Waals surface area contributed by atoms with Crippen molar-refractivity contribution in [3.05, 3.63) is 35.1 Å². The van der Waals surface area contributed by atoms with Crippen LogP contribution in [0.5, 0.6) is 0 Å². The fourth-order valence-corrected chi connectivity index (χ4v) is 4.75. The number of hydroxylamine groups is 2. The van der Waals surface area contributed by atoms with Crippen LogP contribution in [-0.2, 0) is 25.0 Å². The molecule has 3 rings (SSSR count). The summed E-state index contributed by atoms with van der Waals surface area (Å²) in [7, 11) is 3.06. The van der Waals surface area contributed by atoms with Crippen molar-refractivity contribution in [1.29, 1.82) is 0 Å². The van der Waals surface area contributed by atoms with Gasteiger partial charge in [0, 0.05) is 57.7 Å². The largest absolute Gasteiger partial charge is 0.444 e. The number of alkyl halides is 2. The molecule has 0 bridgehead atoms. The molecule has 3 amide bonds. The minimum Gasteiger partial charge on any atom is -0.444 e. The highest BCUT2D eigenvalue weighted by molar-refractivity contribution is 5.75. The van der Waals surface area contributed by atoms with E-state index < -0.39 is 47.1 Å². The quantitative estimate of drug-likeness (QED) is 0.317. The number of likely N-dealkylation sites (tertiary alicyclic amines) is 2. The lowest BCUT2D eigenvalue weighted by atomic mass is 9.90. The van der Waals surface area contributed by atoms with Gasteiger partial charge in [-0.15, -0.1) is 0 Å². The molecule has 0 unspecified atom stereocenters. The topological polar surface area (TPSA) is 115 Å². The number of hydrogen-bond acceptors (Lipinski definition) is 7. The second-order valence-electron chi connectivity index (χ2n) is 13.9. The van der Waals surface area contributed by atoms with E-state index in [2.05, 4.69) is 0 Å². The highest BCUT2D eigenvalue weighted by atomic mass is 19.3. The summed E-state index contributed by atoms with van der Waals surface area (Å²) in [6, 6.07) is 3.28. The molecule has 1 aromatic carbocycles. The van der Waals surface area contributed by atoms with Gasteiger partial charge in [-0.2, -0.15) is 0 Å². The maximum atomic E-state index is 14.5. The number of nitrogens with zero attached hydrogens (tertiary/aromatic N) is 3. The highest BCUT2D eigenvalue weighted by Gasteiger charge is 2.39. The molecule has 2 heterocycles. The number of carbonyl (C=O) groups is 3. The number of ether oxygens (including phenoxy) is 2. The molecule has 1 atom stereocenters. The van der Waals surface area contributed by atoms with Crippen LogP contribution in [0, 0.1) is 17.7 Å². The minimum atomic E-state index is -3.28. The summed E-state index contributed by atoms with van der Waals surface area (Å²) in [5.41, 5.74) is 4.06. The standard InChI is InChI=1S/C19H27F3N2O2.C13H24N2O4/c1-12(23)14-6-5-7-15(16(14)20)19(21,22)9-8-13-10-24(11-13)17(25)26-18(2,3)4;1-13(2,3)19-12(17)15-8-10(9-15)6-7-11(16)14(4)18-5/h5-7,12-13H,8-11,23H2,1-4H3;10H,6-9H2,1-5H3/t12-;/m1./s1. The zero-order valence-electron chi connectivity index (χ0n) is 28.1. The van der Waals surface area contributed by atoms with Gasteiger partial charge in [0.15, 0.2) is 0 Å². The fourth-order valence-electron chi connectivity index (χ4n) is 4.75. The molecule has 0 aliphatic carbocycles. The number of carbonyl (C=O) groups excluding carboxylic acids is 3. The van der Waals surface area contributed by atoms with Crippen molar-refractivity contribution >= 4 is 18.1 Å². The van der Waals surface area contributed by atoms with E-state index in [0.717, 1.165) is 12.5 Å². The lowest BCUT2D eigenvalue weighted by Gasteiger charge is -2.40. The predicted molar refractivity (Wildman–Crippen MR) is 164 cm³/mol. The zero-order chi connectivity index (χ0) is 34.3. The first kappa shape index (κ1) is 38.1. The van der Waals surface area contributed by atoms with E-state index in [1.54, 1.807) is 39.6 Å². The molecule has 256 valence electrons. The van der Waals surface area contributed by atoms with Gasteiger partial charge in [0.1, 0.15) is 17.0 Å². The average Bonchev–Trinajstić information content (AvgIpc) is 2.84. The summed E-state index contributed by atoms with van der Waals surface area (Å²) in [6.07, 6.45) is 0.233. The van der Waals surface area contributed by atoms with Crippen molar-refractivity contribution in [2.24, 2.45) is 17.6 Å². The van der Waals surface area contributed by atoms with E-state index in [9.17, 15) is 27.6 Å². The smallest absolute Gasteiger partial charge is 0.410 e. The van der Waals surface area contributed by atoms with Gasteiger partial charge in [0.25, 0.3) is 5.92 Å². The SMILES string of the molecule is CON(C)C(=O)CCC1CN(C(=O)OC(C)(C)C)C1.C[C@@H](N)c1cccc(C(F)(F)CCC2CN(C(=O)OC(C)(C)C)C2)c1F. The molecule has 10 nitrogen and oxygen atoms in total. The van der Waals surface area contributed by atoms with E-state index in [1.807, 2.05) is 20.8 Å². The molecule has 0 saturated carbocycles. The van der Waals surface area contributed by atoms with Crippen molar-refractivity contribution in [3.63, 3.8) is 0 Å². The molecule has 2 aliphatic rings.